The average Bonchev–Trinajstić information content (AvgIpc) is 3.22. The number of hydrogen-bond donors (Lipinski definition) is 0. The number of aryl methyl sites for hydroxylation is 1. The molecule has 0 spiro atoms. The molecular weight excluding hydrogens is 405 g/mol. The van der Waals surface area contributed by atoms with Gasteiger partial charge in [-0.3, -0.25) is 0 Å². The van der Waals surface area contributed by atoms with Crippen LogP contribution in [-0.4, -0.2) is 32.0 Å². The van der Waals surface area contributed by atoms with Gasteiger partial charge in [0.1, 0.15) is 23.6 Å². The topological polar surface area (TPSA) is 81.6 Å². The molecule has 0 aliphatic rings. The number of sulfonamides is 1. The average molecular weight is 423 g/mol. The van der Waals surface area contributed by atoms with E-state index < -0.39 is 15.8 Å². The molecule has 0 saturated carbocycles. The number of rotatable bonds is 7. The summed E-state index contributed by atoms with van der Waals surface area (Å²) in [5, 5.41) is 0.194. The molecule has 7 nitrogen and oxygen atoms in total. The van der Waals surface area contributed by atoms with E-state index in [0.29, 0.717) is 17.1 Å². The van der Waals surface area contributed by atoms with Crippen LogP contribution in [0.1, 0.15) is 11.1 Å². The Hall–Kier alpha value is -2.72. The predicted octanol–water partition coefficient (Wildman–Crippen LogP) is 3.40. The second-order valence-corrected chi connectivity index (χ2v) is 8.45. The molecule has 3 rings (SSSR count). The molecule has 1 aromatic heterocycles. The highest BCUT2D eigenvalue weighted by Gasteiger charge is 2.29. The fraction of sp³-hybridized carbons (Fsp3) is 0.222. The van der Waals surface area contributed by atoms with E-state index >= 15 is 0 Å². The van der Waals surface area contributed by atoms with E-state index in [9.17, 15) is 12.8 Å². The molecule has 28 heavy (non-hydrogen) atoms. The maximum absolute atomic E-state index is 13.6. The molecule has 0 bridgehead atoms. The number of benzene rings is 2. The number of nitrogens with zero attached hydrogens (tertiary/aromatic N) is 3. The fourth-order valence-corrected chi connectivity index (χ4v) is 4.79. The third-order valence-electron chi connectivity index (χ3n) is 4.09. The maximum atomic E-state index is 13.6. The van der Waals surface area contributed by atoms with Crippen LogP contribution in [0.3, 0.4) is 0 Å². The maximum Gasteiger partial charge on any atom is 0.266 e. The normalized spacial score (nSPS) is 11.3. The first-order valence-corrected chi connectivity index (χ1v) is 10.3. The first-order chi connectivity index (χ1) is 13.4. The van der Waals surface area contributed by atoms with Gasteiger partial charge in [-0.15, -0.1) is 0 Å². The quantitative estimate of drug-likeness (QED) is 0.579. The molecule has 1 heterocycles. The minimum Gasteiger partial charge on any atom is -0.497 e. The van der Waals surface area contributed by atoms with Gasteiger partial charge in [0.2, 0.25) is 5.13 Å². The number of ether oxygens (including phenoxy) is 2. The molecule has 0 aliphatic carbocycles. The molecule has 0 saturated heterocycles. The lowest BCUT2D eigenvalue weighted by atomic mass is 10.2. The van der Waals surface area contributed by atoms with Gasteiger partial charge < -0.3 is 9.47 Å². The van der Waals surface area contributed by atoms with Crippen molar-refractivity contribution in [1.82, 2.24) is 9.36 Å². The van der Waals surface area contributed by atoms with Crippen LogP contribution in [-0.2, 0) is 16.6 Å². The van der Waals surface area contributed by atoms with Gasteiger partial charge in [0.05, 0.1) is 25.7 Å². The van der Waals surface area contributed by atoms with E-state index in [1.54, 1.807) is 18.2 Å². The minimum atomic E-state index is -4.01. The van der Waals surface area contributed by atoms with Crippen molar-refractivity contribution in [1.29, 1.82) is 0 Å². The summed E-state index contributed by atoms with van der Waals surface area (Å²) >= 11 is 0.946. The van der Waals surface area contributed by atoms with Crippen LogP contribution in [0, 0.1) is 12.7 Å². The number of anilines is 1. The van der Waals surface area contributed by atoms with Crippen molar-refractivity contribution in [3.63, 3.8) is 0 Å². The lowest BCUT2D eigenvalue weighted by molar-refractivity contribution is 0.391. The van der Waals surface area contributed by atoms with Crippen LogP contribution in [0.5, 0.6) is 11.5 Å². The van der Waals surface area contributed by atoms with Gasteiger partial charge in [-0.1, -0.05) is 0 Å². The summed E-state index contributed by atoms with van der Waals surface area (Å²) in [6.07, 6.45) is 1.28. The molecule has 148 valence electrons. The van der Waals surface area contributed by atoms with Crippen molar-refractivity contribution in [3.05, 3.63) is 59.7 Å². The first kappa shape index (κ1) is 20.0. The van der Waals surface area contributed by atoms with Crippen LogP contribution in [0.4, 0.5) is 9.52 Å². The van der Waals surface area contributed by atoms with Crippen molar-refractivity contribution < 1.29 is 22.3 Å². The molecule has 3 aromatic rings. The van der Waals surface area contributed by atoms with E-state index in [0.717, 1.165) is 21.9 Å². The second-order valence-electron chi connectivity index (χ2n) is 5.82. The zero-order valence-electron chi connectivity index (χ0n) is 15.4. The van der Waals surface area contributed by atoms with Gasteiger partial charge in [-0.05, 0) is 42.8 Å². The van der Waals surface area contributed by atoms with Crippen molar-refractivity contribution in [2.75, 3.05) is 18.5 Å². The molecule has 0 atom stereocenters. The predicted molar refractivity (Wildman–Crippen MR) is 104 cm³/mol. The molecule has 2 aromatic carbocycles. The van der Waals surface area contributed by atoms with Crippen LogP contribution in [0.15, 0.2) is 47.6 Å². The first-order valence-electron chi connectivity index (χ1n) is 8.13. The van der Waals surface area contributed by atoms with E-state index in [1.807, 2.05) is 0 Å². The summed E-state index contributed by atoms with van der Waals surface area (Å²) in [5.74, 6) is 0.581. The summed E-state index contributed by atoms with van der Waals surface area (Å²) in [5.41, 5.74) is 0.848. The van der Waals surface area contributed by atoms with E-state index in [4.69, 9.17) is 9.47 Å². The van der Waals surface area contributed by atoms with Crippen LogP contribution in [0.25, 0.3) is 0 Å². The van der Waals surface area contributed by atoms with Gasteiger partial charge in [-0.25, -0.2) is 22.1 Å². The molecule has 0 aliphatic heterocycles. The highest BCUT2D eigenvalue weighted by Crippen LogP contribution is 2.31. The SMILES string of the molecule is COc1ccc(CN(c2ncns2)S(=O)(=O)c2ccc(F)c(C)c2)c(OC)c1. The Balaban J connectivity index is 2.07. The minimum absolute atomic E-state index is 0.0333. The van der Waals surface area contributed by atoms with Gasteiger partial charge in [-0.2, -0.15) is 4.37 Å². The van der Waals surface area contributed by atoms with Gasteiger partial charge in [0, 0.05) is 23.2 Å². The zero-order valence-corrected chi connectivity index (χ0v) is 17.1. The second kappa shape index (κ2) is 8.11. The van der Waals surface area contributed by atoms with Crippen molar-refractivity contribution in [2.45, 2.75) is 18.4 Å². The molecular formula is C18H18FN3O4S2. The zero-order chi connectivity index (χ0) is 20.3. The smallest absolute Gasteiger partial charge is 0.266 e. The molecule has 0 N–H and O–H groups in total. The third-order valence-corrected chi connectivity index (χ3v) is 6.62. The molecule has 0 amide bonds. The van der Waals surface area contributed by atoms with Gasteiger partial charge in [0.15, 0.2) is 0 Å². The van der Waals surface area contributed by atoms with Gasteiger partial charge >= 0.3 is 0 Å². The Morgan fingerprint density at radius 2 is 1.93 bits per heavy atom. The van der Waals surface area contributed by atoms with Crippen molar-refractivity contribution in [2.24, 2.45) is 0 Å². The number of aromatic nitrogens is 2. The number of hydrogen-bond acceptors (Lipinski definition) is 7. The summed E-state index contributed by atoms with van der Waals surface area (Å²) < 4.78 is 55.8. The molecule has 0 unspecified atom stereocenters. The third kappa shape index (κ3) is 3.92. The Labute approximate surface area is 166 Å². The summed E-state index contributed by atoms with van der Waals surface area (Å²) in [6, 6.07) is 8.76. The fourth-order valence-electron chi connectivity index (χ4n) is 2.57. The Bertz CT molecular complexity index is 1070. The monoisotopic (exact) mass is 423 g/mol. The van der Waals surface area contributed by atoms with E-state index in [2.05, 4.69) is 9.36 Å². The van der Waals surface area contributed by atoms with Crippen molar-refractivity contribution >= 4 is 26.7 Å². The lowest BCUT2D eigenvalue weighted by Crippen LogP contribution is -2.30. The standard InChI is InChI=1S/C18H18FN3O4S2/c1-12-8-15(6-7-16(12)19)28(23,24)22(18-20-11-21-27-18)10-13-4-5-14(25-2)9-17(13)26-3/h4-9,11H,10H2,1-3H3. The van der Waals surface area contributed by atoms with E-state index in [1.165, 1.54) is 39.6 Å². The number of halogens is 1. The lowest BCUT2D eigenvalue weighted by Gasteiger charge is -2.23. The summed E-state index contributed by atoms with van der Waals surface area (Å²) in [4.78, 5) is 4.02. The Kier molecular flexibility index (Phi) is 5.80. The molecule has 10 heteroatoms. The summed E-state index contributed by atoms with van der Waals surface area (Å²) in [7, 11) is -0.992. The van der Waals surface area contributed by atoms with Crippen LogP contribution >= 0.6 is 11.5 Å². The highest BCUT2D eigenvalue weighted by molar-refractivity contribution is 7.93. The van der Waals surface area contributed by atoms with Gasteiger partial charge in [0.25, 0.3) is 10.0 Å². The van der Waals surface area contributed by atoms with Crippen molar-refractivity contribution in [3.8, 4) is 11.5 Å². The van der Waals surface area contributed by atoms with E-state index in [-0.39, 0.29) is 22.1 Å². The summed E-state index contributed by atoms with van der Waals surface area (Å²) in [6.45, 7) is 1.47. The van der Waals surface area contributed by atoms with Crippen LogP contribution < -0.4 is 13.8 Å². The number of methoxy groups -OCH3 is 2. The Morgan fingerprint density at radius 3 is 2.54 bits per heavy atom. The van der Waals surface area contributed by atoms with Crippen LogP contribution in [0.2, 0.25) is 0 Å². The molecule has 0 fully saturated rings. The molecule has 0 radical (unpaired) electrons. The largest absolute Gasteiger partial charge is 0.497 e. The Morgan fingerprint density at radius 1 is 1.14 bits per heavy atom. The highest BCUT2D eigenvalue weighted by atomic mass is 32.2.